The number of aryl methyl sites for hydroxylation is 2. The van der Waals surface area contributed by atoms with E-state index < -0.39 is 0 Å². The topological polar surface area (TPSA) is 60.1 Å². The van der Waals surface area contributed by atoms with E-state index in [2.05, 4.69) is 21.7 Å². The summed E-state index contributed by atoms with van der Waals surface area (Å²) in [6, 6.07) is 0. The van der Waals surface area contributed by atoms with Gasteiger partial charge in [0.05, 0.1) is 11.7 Å². The molecule has 0 amide bonds. The summed E-state index contributed by atoms with van der Waals surface area (Å²) in [5.74, 6) is 0.397. The first-order chi connectivity index (χ1) is 7.15. The van der Waals surface area contributed by atoms with Gasteiger partial charge in [-0.1, -0.05) is 0 Å². The minimum absolute atomic E-state index is 0.0928. The number of aliphatic imine (C=N–C) groups is 1. The van der Waals surface area contributed by atoms with Gasteiger partial charge >= 0.3 is 0 Å². The van der Waals surface area contributed by atoms with Crippen molar-refractivity contribution in [1.29, 1.82) is 0 Å². The Bertz CT molecular complexity index is 600. The highest BCUT2D eigenvalue weighted by atomic mass is 16.1. The van der Waals surface area contributed by atoms with Crippen LogP contribution in [-0.4, -0.2) is 21.3 Å². The summed E-state index contributed by atoms with van der Waals surface area (Å²) < 4.78 is 1.43. The zero-order valence-electron chi connectivity index (χ0n) is 8.56. The van der Waals surface area contributed by atoms with Crippen LogP contribution >= 0.6 is 0 Å². The number of rotatable bonds is 1. The van der Waals surface area contributed by atoms with Crippen molar-refractivity contribution in [2.45, 2.75) is 6.92 Å². The molecule has 0 aromatic carbocycles. The third kappa shape index (κ3) is 1.32. The fraction of sp³-hybridized carbons (Fsp3) is 0.200. The molecule has 0 fully saturated rings. The third-order valence-corrected chi connectivity index (χ3v) is 2.27. The van der Waals surface area contributed by atoms with Crippen molar-refractivity contribution >= 4 is 23.4 Å². The molecule has 0 saturated heterocycles. The van der Waals surface area contributed by atoms with E-state index in [1.807, 2.05) is 6.92 Å². The van der Waals surface area contributed by atoms with Gasteiger partial charge in [-0.3, -0.25) is 4.79 Å². The Hall–Kier alpha value is -2.04. The van der Waals surface area contributed by atoms with Gasteiger partial charge < -0.3 is 4.57 Å². The van der Waals surface area contributed by atoms with E-state index in [4.69, 9.17) is 0 Å². The molecule has 76 valence electrons. The van der Waals surface area contributed by atoms with Crippen LogP contribution < -0.4 is 5.56 Å². The lowest BCUT2D eigenvalue weighted by molar-refractivity contribution is 0.841. The van der Waals surface area contributed by atoms with Gasteiger partial charge in [-0.15, -0.1) is 0 Å². The van der Waals surface area contributed by atoms with E-state index in [-0.39, 0.29) is 5.56 Å². The van der Waals surface area contributed by atoms with Crippen LogP contribution in [0.2, 0.25) is 0 Å². The summed E-state index contributed by atoms with van der Waals surface area (Å²) in [5, 5.41) is 0.553. The summed E-state index contributed by atoms with van der Waals surface area (Å²) >= 11 is 0. The number of nitrogens with zero attached hydrogens (tertiary/aromatic N) is 4. The van der Waals surface area contributed by atoms with Crippen LogP contribution in [0.3, 0.4) is 0 Å². The van der Waals surface area contributed by atoms with Crippen molar-refractivity contribution in [3.8, 4) is 0 Å². The number of pyridine rings is 1. The summed E-state index contributed by atoms with van der Waals surface area (Å²) in [4.78, 5) is 23.8. The Labute approximate surface area is 86.1 Å². The highest BCUT2D eigenvalue weighted by molar-refractivity contribution is 5.88. The summed E-state index contributed by atoms with van der Waals surface area (Å²) in [6.07, 6.45) is 3.07. The Balaban J connectivity index is 3.07. The van der Waals surface area contributed by atoms with E-state index in [0.717, 1.165) is 5.56 Å². The summed E-state index contributed by atoms with van der Waals surface area (Å²) in [7, 11) is 1.66. The molecule has 5 nitrogen and oxygen atoms in total. The smallest absolute Gasteiger partial charge is 0.261 e. The van der Waals surface area contributed by atoms with Crippen LogP contribution in [-0.2, 0) is 7.05 Å². The lowest BCUT2D eigenvalue weighted by Crippen LogP contribution is -2.18. The van der Waals surface area contributed by atoms with E-state index >= 15 is 0 Å². The molecule has 2 heterocycles. The highest BCUT2D eigenvalue weighted by Gasteiger charge is 2.09. The molecule has 0 aliphatic carbocycles. The number of hydrogen-bond acceptors (Lipinski definition) is 4. The lowest BCUT2D eigenvalue weighted by Gasteiger charge is -2.04. The normalized spacial score (nSPS) is 10.5. The molecule has 0 saturated carbocycles. The van der Waals surface area contributed by atoms with Crippen LogP contribution in [0.4, 0.5) is 5.82 Å². The van der Waals surface area contributed by atoms with Gasteiger partial charge in [0.2, 0.25) is 0 Å². The van der Waals surface area contributed by atoms with Crippen molar-refractivity contribution in [1.82, 2.24) is 14.5 Å². The second kappa shape index (κ2) is 3.27. The van der Waals surface area contributed by atoms with Gasteiger partial charge in [-0.2, -0.15) is 0 Å². The first-order valence-corrected chi connectivity index (χ1v) is 4.43. The van der Waals surface area contributed by atoms with Gasteiger partial charge in [0.1, 0.15) is 5.52 Å². The van der Waals surface area contributed by atoms with E-state index in [0.29, 0.717) is 16.7 Å². The van der Waals surface area contributed by atoms with Crippen molar-refractivity contribution in [2.75, 3.05) is 0 Å². The molecule has 5 heteroatoms. The quantitative estimate of drug-likeness (QED) is 0.647. The molecule has 0 bridgehead atoms. The second-order valence-corrected chi connectivity index (χ2v) is 3.31. The van der Waals surface area contributed by atoms with Crippen LogP contribution in [0.25, 0.3) is 10.9 Å². The van der Waals surface area contributed by atoms with Gasteiger partial charge in [0.15, 0.2) is 5.82 Å². The monoisotopic (exact) mass is 202 g/mol. The molecule has 0 atom stereocenters. The third-order valence-electron chi connectivity index (χ3n) is 2.27. The Morgan fingerprint density at radius 3 is 2.87 bits per heavy atom. The molecule has 2 aromatic heterocycles. The maximum Gasteiger partial charge on any atom is 0.261 e. The number of hydrogen-bond donors (Lipinski definition) is 0. The molecule has 2 rings (SSSR count). The van der Waals surface area contributed by atoms with Crippen LogP contribution in [0.15, 0.2) is 22.3 Å². The van der Waals surface area contributed by atoms with Crippen LogP contribution in [0.1, 0.15) is 5.56 Å². The SMILES string of the molecule is C=Nc1ncc(C)c2c(=O)n(C)cnc12. The summed E-state index contributed by atoms with van der Waals surface area (Å²) in [5.41, 5.74) is 1.21. The van der Waals surface area contributed by atoms with Gasteiger partial charge in [0, 0.05) is 13.2 Å². The average Bonchev–Trinajstić information content (AvgIpc) is 2.24. The summed E-state index contributed by atoms with van der Waals surface area (Å²) in [6.45, 7) is 5.23. The van der Waals surface area contributed by atoms with Crippen molar-refractivity contribution in [3.63, 3.8) is 0 Å². The molecule has 15 heavy (non-hydrogen) atoms. The fourth-order valence-electron chi connectivity index (χ4n) is 1.46. The highest BCUT2D eigenvalue weighted by Crippen LogP contribution is 2.20. The molecule has 0 N–H and O–H groups in total. The first kappa shape index (κ1) is 9.51. The van der Waals surface area contributed by atoms with E-state index in [9.17, 15) is 4.79 Å². The molecule has 0 unspecified atom stereocenters. The zero-order chi connectivity index (χ0) is 11.0. The lowest BCUT2D eigenvalue weighted by atomic mass is 10.2. The fourth-order valence-corrected chi connectivity index (χ4v) is 1.46. The van der Waals surface area contributed by atoms with Crippen LogP contribution in [0, 0.1) is 6.92 Å². The maximum absolute atomic E-state index is 11.9. The molecule has 0 aliphatic rings. The first-order valence-electron chi connectivity index (χ1n) is 4.43. The Morgan fingerprint density at radius 1 is 1.47 bits per heavy atom. The molecular weight excluding hydrogens is 192 g/mol. The van der Waals surface area contributed by atoms with Crippen LogP contribution in [0.5, 0.6) is 0 Å². The maximum atomic E-state index is 11.9. The molecule has 0 spiro atoms. The Morgan fingerprint density at radius 2 is 2.20 bits per heavy atom. The molecule has 2 aromatic rings. The average molecular weight is 202 g/mol. The largest absolute Gasteiger partial charge is 0.302 e. The van der Waals surface area contributed by atoms with E-state index in [1.54, 1.807) is 13.2 Å². The predicted molar refractivity (Wildman–Crippen MR) is 58.7 cm³/mol. The standard InChI is InChI=1S/C10H10N4O/c1-6-4-12-9(11-2)8-7(6)10(15)14(3)5-13-8/h4-5H,2H2,1,3H3. The predicted octanol–water partition coefficient (Wildman–Crippen LogP) is 0.969. The minimum Gasteiger partial charge on any atom is -0.302 e. The second-order valence-electron chi connectivity index (χ2n) is 3.31. The van der Waals surface area contributed by atoms with Crippen molar-refractivity contribution < 1.29 is 0 Å². The van der Waals surface area contributed by atoms with Crippen molar-refractivity contribution in [2.24, 2.45) is 12.0 Å². The van der Waals surface area contributed by atoms with E-state index in [1.165, 1.54) is 10.9 Å². The number of fused-ring (bicyclic) bond motifs is 1. The number of aromatic nitrogens is 3. The van der Waals surface area contributed by atoms with Gasteiger partial charge in [-0.05, 0) is 19.2 Å². The minimum atomic E-state index is -0.0928. The van der Waals surface area contributed by atoms with Crippen molar-refractivity contribution in [3.05, 3.63) is 28.4 Å². The molecular formula is C10H10N4O. The molecule has 0 radical (unpaired) electrons. The Kier molecular flexibility index (Phi) is 2.07. The zero-order valence-corrected chi connectivity index (χ0v) is 8.56. The van der Waals surface area contributed by atoms with Gasteiger partial charge in [0.25, 0.3) is 5.56 Å². The van der Waals surface area contributed by atoms with Gasteiger partial charge in [-0.25, -0.2) is 15.0 Å². The molecule has 0 aliphatic heterocycles.